The van der Waals surface area contributed by atoms with E-state index in [1.165, 1.54) is 0 Å². The average Bonchev–Trinajstić information content (AvgIpc) is 2.86. The molecular formula is C11H12ClN3. The fourth-order valence-corrected chi connectivity index (χ4v) is 2.18. The van der Waals surface area contributed by atoms with Crippen LogP contribution in [0.25, 0.3) is 5.65 Å². The standard InChI is InChI=1S/C11H12ClN3/c1-7-2-3-8-14-9(11(13)4-5-11)10(12)15(8)6-7/h2-3,6H,4-5,13H2,1H3. The Kier molecular flexibility index (Phi) is 1.68. The number of imidazole rings is 1. The lowest BCUT2D eigenvalue weighted by Gasteiger charge is -2.03. The van der Waals surface area contributed by atoms with Gasteiger partial charge in [0.05, 0.1) is 11.2 Å². The van der Waals surface area contributed by atoms with E-state index in [4.69, 9.17) is 17.3 Å². The highest BCUT2D eigenvalue weighted by Gasteiger charge is 2.44. The van der Waals surface area contributed by atoms with Crippen LogP contribution in [0.2, 0.25) is 5.15 Å². The average molecular weight is 222 g/mol. The summed E-state index contributed by atoms with van der Waals surface area (Å²) in [5, 5.41) is 0.661. The number of nitrogens with two attached hydrogens (primary N) is 1. The Balaban J connectivity index is 2.29. The van der Waals surface area contributed by atoms with E-state index in [1.807, 2.05) is 29.7 Å². The number of halogens is 1. The third kappa shape index (κ3) is 1.27. The number of aromatic nitrogens is 2. The number of nitrogens with zero attached hydrogens (tertiary/aromatic N) is 2. The van der Waals surface area contributed by atoms with Crippen LogP contribution >= 0.6 is 11.6 Å². The van der Waals surface area contributed by atoms with Gasteiger partial charge in [0.1, 0.15) is 10.8 Å². The first-order valence-electron chi connectivity index (χ1n) is 5.04. The van der Waals surface area contributed by atoms with Crippen LogP contribution in [0, 0.1) is 6.92 Å². The largest absolute Gasteiger partial charge is 0.320 e. The molecule has 2 aromatic heterocycles. The zero-order chi connectivity index (χ0) is 10.6. The molecule has 0 bridgehead atoms. The summed E-state index contributed by atoms with van der Waals surface area (Å²) >= 11 is 6.27. The van der Waals surface area contributed by atoms with Crippen molar-refractivity contribution in [3.05, 3.63) is 34.7 Å². The second kappa shape index (κ2) is 2.74. The van der Waals surface area contributed by atoms with Crippen LogP contribution in [0.4, 0.5) is 0 Å². The van der Waals surface area contributed by atoms with Crippen LogP contribution in [0.3, 0.4) is 0 Å². The number of pyridine rings is 1. The molecule has 2 heterocycles. The van der Waals surface area contributed by atoms with E-state index < -0.39 is 0 Å². The van der Waals surface area contributed by atoms with E-state index in [0.29, 0.717) is 5.15 Å². The lowest BCUT2D eigenvalue weighted by molar-refractivity contribution is 0.715. The summed E-state index contributed by atoms with van der Waals surface area (Å²) in [5.74, 6) is 0. The van der Waals surface area contributed by atoms with E-state index in [0.717, 1.165) is 29.7 Å². The van der Waals surface area contributed by atoms with Gasteiger partial charge >= 0.3 is 0 Å². The molecule has 1 aliphatic carbocycles. The molecule has 1 saturated carbocycles. The maximum Gasteiger partial charge on any atom is 0.138 e. The van der Waals surface area contributed by atoms with Crippen molar-refractivity contribution in [1.82, 2.24) is 9.38 Å². The molecule has 2 aromatic rings. The lowest BCUT2D eigenvalue weighted by Crippen LogP contribution is -2.19. The molecule has 2 N–H and O–H groups in total. The van der Waals surface area contributed by atoms with E-state index in [-0.39, 0.29) is 5.54 Å². The highest BCUT2D eigenvalue weighted by Crippen LogP contribution is 2.45. The maximum absolute atomic E-state index is 6.27. The topological polar surface area (TPSA) is 43.3 Å². The van der Waals surface area contributed by atoms with Crippen molar-refractivity contribution in [3.63, 3.8) is 0 Å². The molecule has 3 nitrogen and oxygen atoms in total. The predicted octanol–water partition coefficient (Wildman–Crippen LogP) is 2.24. The van der Waals surface area contributed by atoms with Crippen molar-refractivity contribution >= 4 is 17.2 Å². The zero-order valence-corrected chi connectivity index (χ0v) is 9.25. The second-order valence-electron chi connectivity index (χ2n) is 4.34. The summed E-state index contributed by atoms with van der Waals surface area (Å²) in [6.07, 6.45) is 3.95. The van der Waals surface area contributed by atoms with Gasteiger partial charge in [0, 0.05) is 6.20 Å². The van der Waals surface area contributed by atoms with Gasteiger partial charge in [-0.1, -0.05) is 17.7 Å². The molecule has 4 heteroatoms. The Labute approximate surface area is 92.9 Å². The normalized spacial score (nSPS) is 18.3. The third-order valence-electron chi connectivity index (χ3n) is 2.97. The van der Waals surface area contributed by atoms with Crippen molar-refractivity contribution in [3.8, 4) is 0 Å². The molecule has 0 aliphatic heterocycles. The van der Waals surface area contributed by atoms with Gasteiger partial charge in [0.15, 0.2) is 0 Å². The van der Waals surface area contributed by atoms with Crippen molar-refractivity contribution < 1.29 is 0 Å². The van der Waals surface area contributed by atoms with Gasteiger partial charge in [-0.2, -0.15) is 0 Å². The van der Waals surface area contributed by atoms with Gasteiger partial charge in [-0.05, 0) is 31.4 Å². The molecule has 0 radical (unpaired) electrons. The molecule has 0 saturated heterocycles. The SMILES string of the molecule is Cc1ccc2nc(C3(N)CC3)c(Cl)n2c1. The first-order valence-corrected chi connectivity index (χ1v) is 5.41. The molecule has 3 rings (SSSR count). The van der Waals surface area contributed by atoms with Gasteiger partial charge < -0.3 is 5.73 Å². The minimum absolute atomic E-state index is 0.267. The zero-order valence-electron chi connectivity index (χ0n) is 8.50. The number of hydrogen-bond acceptors (Lipinski definition) is 2. The van der Waals surface area contributed by atoms with Crippen molar-refractivity contribution in [1.29, 1.82) is 0 Å². The molecular weight excluding hydrogens is 210 g/mol. The van der Waals surface area contributed by atoms with Gasteiger partial charge in [-0.25, -0.2) is 4.98 Å². The quantitative estimate of drug-likeness (QED) is 0.803. The molecule has 15 heavy (non-hydrogen) atoms. The fraction of sp³-hybridized carbons (Fsp3) is 0.364. The Hall–Kier alpha value is -1.06. The molecule has 0 unspecified atom stereocenters. The summed E-state index contributed by atoms with van der Waals surface area (Å²) in [4.78, 5) is 4.49. The molecule has 1 aliphatic rings. The maximum atomic E-state index is 6.27. The first-order chi connectivity index (χ1) is 7.10. The summed E-state index contributed by atoms with van der Waals surface area (Å²) < 4.78 is 1.90. The van der Waals surface area contributed by atoms with E-state index in [9.17, 15) is 0 Å². The minimum atomic E-state index is -0.267. The Bertz CT molecular complexity index is 540. The van der Waals surface area contributed by atoms with Crippen LogP contribution in [0.1, 0.15) is 24.1 Å². The number of fused-ring (bicyclic) bond motifs is 1. The molecule has 0 amide bonds. The molecule has 1 fully saturated rings. The minimum Gasteiger partial charge on any atom is -0.320 e. The highest BCUT2D eigenvalue weighted by atomic mass is 35.5. The van der Waals surface area contributed by atoms with Crippen LogP contribution < -0.4 is 5.73 Å². The van der Waals surface area contributed by atoms with E-state index in [2.05, 4.69) is 4.98 Å². The Morgan fingerprint density at radius 2 is 2.20 bits per heavy atom. The number of hydrogen-bond donors (Lipinski definition) is 1. The summed E-state index contributed by atoms with van der Waals surface area (Å²) in [6.45, 7) is 2.03. The smallest absolute Gasteiger partial charge is 0.138 e. The van der Waals surface area contributed by atoms with Gasteiger partial charge in [-0.15, -0.1) is 0 Å². The molecule has 0 spiro atoms. The second-order valence-corrected chi connectivity index (χ2v) is 4.70. The monoisotopic (exact) mass is 221 g/mol. The van der Waals surface area contributed by atoms with E-state index in [1.54, 1.807) is 0 Å². The van der Waals surface area contributed by atoms with Gasteiger partial charge in [0.25, 0.3) is 0 Å². The molecule has 0 atom stereocenters. The van der Waals surface area contributed by atoms with Crippen molar-refractivity contribution in [2.75, 3.05) is 0 Å². The van der Waals surface area contributed by atoms with Gasteiger partial charge in [0.2, 0.25) is 0 Å². The molecule has 0 aromatic carbocycles. The Morgan fingerprint density at radius 3 is 2.87 bits per heavy atom. The van der Waals surface area contributed by atoms with Crippen LogP contribution in [0.5, 0.6) is 0 Å². The summed E-state index contributed by atoms with van der Waals surface area (Å²) in [6, 6.07) is 4.00. The van der Waals surface area contributed by atoms with Gasteiger partial charge in [-0.3, -0.25) is 4.40 Å². The van der Waals surface area contributed by atoms with Crippen molar-refractivity contribution in [2.24, 2.45) is 5.73 Å². The number of aryl methyl sites for hydroxylation is 1. The van der Waals surface area contributed by atoms with Crippen LogP contribution in [-0.4, -0.2) is 9.38 Å². The number of rotatable bonds is 1. The third-order valence-corrected chi connectivity index (χ3v) is 3.33. The lowest BCUT2D eigenvalue weighted by atomic mass is 10.2. The first kappa shape index (κ1) is 9.19. The highest BCUT2D eigenvalue weighted by molar-refractivity contribution is 6.30. The summed E-state index contributed by atoms with van der Waals surface area (Å²) in [7, 11) is 0. The predicted molar refractivity (Wildman–Crippen MR) is 60.0 cm³/mol. The Morgan fingerprint density at radius 1 is 1.47 bits per heavy atom. The van der Waals surface area contributed by atoms with E-state index >= 15 is 0 Å². The van der Waals surface area contributed by atoms with Crippen LogP contribution in [-0.2, 0) is 5.54 Å². The van der Waals surface area contributed by atoms with Crippen molar-refractivity contribution in [2.45, 2.75) is 25.3 Å². The van der Waals surface area contributed by atoms with Crippen LogP contribution in [0.15, 0.2) is 18.3 Å². The molecule has 78 valence electrons. The fourth-order valence-electron chi connectivity index (χ4n) is 1.81. The summed E-state index contributed by atoms with van der Waals surface area (Å²) in [5.41, 5.74) is 8.72.